The average molecular weight is 452 g/mol. The summed E-state index contributed by atoms with van der Waals surface area (Å²) in [5.74, 6) is 0. The lowest BCUT2D eigenvalue weighted by Gasteiger charge is -2.46. The largest absolute Gasteiger partial charge is 0.455 e. The maximum atomic E-state index is 13.7. The van der Waals surface area contributed by atoms with Gasteiger partial charge in [-0.25, -0.2) is 8.42 Å². The van der Waals surface area contributed by atoms with E-state index in [0.29, 0.717) is 18.8 Å². The SMILES string of the molecule is C=Nc1c(/C=C\C)cccc1S(=O)(=O)N1CC([Si](C)(C)O[Si](C)C)CC(C)(C)C1. The molecule has 0 aromatic heterocycles. The molecule has 1 aliphatic rings. The summed E-state index contributed by atoms with van der Waals surface area (Å²) < 4.78 is 35.5. The Morgan fingerprint density at radius 3 is 2.55 bits per heavy atom. The van der Waals surface area contributed by atoms with Crippen LogP contribution in [0.4, 0.5) is 5.69 Å². The van der Waals surface area contributed by atoms with E-state index >= 15 is 0 Å². The molecule has 1 aromatic rings. The first-order valence-electron chi connectivity index (χ1n) is 10.1. The molecule has 2 rings (SSSR count). The Bertz CT molecular complexity index is 880. The predicted octanol–water partition coefficient (Wildman–Crippen LogP) is 5.32. The number of allylic oxidation sites excluding steroid dienone is 1. The monoisotopic (exact) mass is 451 g/mol. The van der Waals surface area contributed by atoms with Gasteiger partial charge in [0.05, 0.1) is 5.69 Å². The molecule has 1 saturated heterocycles. The summed E-state index contributed by atoms with van der Waals surface area (Å²) >= 11 is 0. The number of aliphatic imine (C=N–C) groups is 1. The summed E-state index contributed by atoms with van der Waals surface area (Å²) in [5.41, 5.74) is 1.32. The first kappa shape index (κ1) is 24.2. The van der Waals surface area contributed by atoms with Gasteiger partial charge in [0.25, 0.3) is 0 Å². The van der Waals surface area contributed by atoms with Gasteiger partial charge in [0, 0.05) is 18.7 Å². The van der Waals surface area contributed by atoms with Crippen molar-refractivity contribution in [1.82, 2.24) is 4.31 Å². The molecule has 0 saturated carbocycles. The van der Waals surface area contributed by atoms with Gasteiger partial charge in [-0.3, -0.25) is 4.99 Å². The maximum absolute atomic E-state index is 13.7. The molecule has 8 heteroatoms. The third-order valence-electron chi connectivity index (χ3n) is 5.43. The summed E-state index contributed by atoms with van der Waals surface area (Å²) in [7, 11) is -6.57. The molecule has 0 spiro atoms. The second kappa shape index (κ2) is 8.97. The van der Waals surface area contributed by atoms with Gasteiger partial charge in [-0.05, 0) is 63.3 Å². The normalized spacial score (nSPS) is 21.0. The van der Waals surface area contributed by atoms with E-state index in [2.05, 4.69) is 51.7 Å². The van der Waals surface area contributed by atoms with Crippen LogP contribution >= 0.6 is 0 Å². The molecule has 1 heterocycles. The van der Waals surface area contributed by atoms with E-state index in [9.17, 15) is 8.42 Å². The van der Waals surface area contributed by atoms with Crippen LogP contribution in [0.25, 0.3) is 6.08 Å². The van der Waals surface area contributed by atoms with E-state index in [4.69, 9.17) is 4.12 Å². The van der Waals surface area contributed by atoms with Crippen LogP contribution in [0.15, 0.2) is 34.2 Å². The van der Waals surface area contributed by atoms with Crippen LogP contribution in [0.3, 0.4) is 0 Å². The zero-order valence-corrected chi connectivity index (χ0v) is 21.6. The Balaban J connectivity index is 2.49. The number of benzene rings is 1. The van der Waals surface area contributed by atoms with Crippen molar-refractivity contribution in [1.29, 1.82) is 0 Å². The third kappa shape index (κ3) is 5.55. The lowest BCUT2D eigenvalue weighted by molar-refractivity contribution is 0.179. The molecule has 161 valence electrons. The lowest BCUT2D eigenvalue weighted by Crippen LogP contribution is -2.53. The quantitative estimate of drug-likeness (QED) is 0.417. The highest BCUT2D eigenvalue weighted by Crippen LogP contribution is 2.44. The molecular formula is C21H35N2O3SSi2. The first-order chi connectivity index (χ1) is 13.3. The zero-order chi connectivity index (χ0) is 22.0. The van der Waals surface area contributed by atoms with Crippen LogP contribution in [0.1, 0.15) is 32.8 Å². The van der Waals surface area contributed by atoms with E-state index < -0.39 is 27.4 Å². The van der Waals surface area contributed by atoms with Crippen LogP contribution in [0.2, 0.25) is 31.7 Å². The molecule has 0 amide bonds. The van der Waals surface area contributed by atoms with Crippen molar-refractivity contribution >= 4 is 45.9 Å². The number of hydrogen-bond donors (Lipinski definition) is 0. The molecular weight excluding hydrogens is 416 g/mol. The molecule has 0 aliphatic carbocycles. The van der Waals surface area contributed by atoms with Crippen molar-refractivity contribution in [3.8, 4) is 0 Å². The van der Waals surface area contributed by atoms with Crippen molar-refractivity contribution in [2.24, 2.45) is 10.4 Å². The minimum Gasteiger partial charge on any atom is -0.455 e. The number of hydrogen-bond acceptors (Lipinski definition) is 4. The Labute approximate surface area is 179 Å². The predicted molar refractivity (Wildman–Crippen MR) is 127 cm³/mol. The van der Waals surface area contributed by atoms with E-state index in [1.807, 2.05) is 25.1 Å². The first-order valence-corrected chi connectivity index (χ1v) is 16.9. The van der Waals surface area contributed by atoms with Crippen LogP contribution < -0.4 is 0 Å². The molecule has 5 nitrogen and oxygen atoms in total. The summed E-state index contributed by atoms with van der Waals surface area (Å²) in [5, 5.41) is 0. The van der Waals surface area contributed by atoms with Gasteiger partial charge in [0.2, 0.25) is 10.0 Å². The van der Waals surface area contributed by atoms with E-state index in [0.717, 1.165) is 12.0 Å². The molecule has 1 fully saturated rings. The highest BCUT2D eigenvalue weighted by molar-refractivity contribution is 7.89. The fourth-order valence-electron chi connectivity index (χ4n) is 4.21. The van der Waals surface area contributed by atoms with Crippen molar-refractivity contribution in [2.75, 3.05) is 13.1 Å². The minimum atomic E-state index is -3.70. The molecule has 29 heavy (non-hydrogen) atoms. The van der Waals surface area contributed by atoms with Crippen LogP contribution in [0, 0.1) is 5.41 Å². The van der Waals surface area contributed by atoms with Crippen molar-refractivity contribution in [2.45, 2.75) is 63.8 Å². The van der Waals surface area contributed by atoms with Gasteiger partial charge in [-0.2, -0.15) is 4.31 Å². The van der Waals surface area contributed by atoms with Crippen molar-refractivity contribution in [3.05, 3.63) is 29.8 Å². The molecule has 1 aromatic carbocycles. The average Bonchev–Trinajstić information content (AvgIpc) is 2.59. The third-order valence-corrected chi connectivity index (χ3v) is 13.4. The zero-order valence-electron chi connectivity index (χ0n) is 18.8. The smallest absolute Gasteiger partial charge is 0.245 e. The molecule has 1 radical (unpaired) electrons. The van der Waals surface area contributed by atoms with Gasteiger partial charge in [0.15, 0.2) is 17.4 Å². The van der Waals surface area contributed by atoms with Gasteiger partial charge >= 0.3 is 0 Å². The van der Waals surface area contributed by atoms with Crippen LogP contribution in [-0.4, -0.2) is 49.9 Å². The number of nitrogens with zero attached hydrogens (tertiary/aromatic N) is 2. The number of rotatable bonds is 7. The number of piperidine rings is 1. The molecule has 0 bridgehead atoms. The van der Waals surface area contributed by atoms with Gasteiger partial charge in [-0.15, -0.1) is 0 Å². The second-order valence-electron chi connectivity index (χ2n) is 9.33. The minimum absolute atomic E-state index is 0.110. The van der Waals surface area contributed by atoms with Crippen molar-refractivity contribution < 1.29 is 12.5 Å². The molecule has 1 unspecified atom stereocenters. The van der Waals surface area contributed by atoms with Gasteiger partial charge < -0.3 is 4.12 Å². The Morgan fingerprint density at radius 2 is 2.00 bits per heavy atom. The Morgan fingerprint density at radius 1 is 1.34 bits per heavy atom. The summed E-state index contributed by atoms with van der Waals surface area (Å²) in [6.07, 6.45) is 4.72. The molecule has 1 atom stereocenters. The fourth-order valence-corrected chi connectivity index (χ4v) is 12.8. The van der Waals surface area contributed by atoms with Crippen LogP contribution in [-0.2, 0) is 14.1 Å². The highest BCUT2D eigenvalue weighted by atomic mass is 32.2. The number of para-hydroxylation sites is 1. The van der Waals surface area contributed by atoms with E-state index in [-0.39, 0.29) is 15.9 Å². The summed E-state index contributed by atoms with van der Waals surface area (Å²) in [6, 6.07) is 5.28. The second-order valence-corrected chi connectivity index (χ2v) is 17.9. The van der Waals surface area contributed by atoms with Crippen molar-refractivity contribution in [3.63, 3.8) is 0 Å². The van der Waals surface area contributed by atoms with Gasteiger partial charge in [-0.1, -0.05) is 38.1 Å². The summed E-state index contributed by atoms with van der Waals surface area (Å²) in [4.78, 5) is 4.31. The highest BCUT2D eigenvalue weighted by Gasteiger charge is 2.46. The van der Waals surface area contributed by atoms with Crippen LogP contribution in [0.5, 0.6) is 0 Å². The topological polar surface area (TPSA) is 59.0 Å². The number of sulfonamides is 1. The molecule has 0 N–H and O–H groups in total. The maximum Gasteiger partial charge on any atom is 0.245 e. The Hall–Kier alpha value is -1.07. The van der Waals surface area contributed by atoms with E-state index in [1.165, 1.54) is 0 Å². The Kier molecular flexibility index (Phi) is 7.49. The standard InChI is InChI=1S/C21H35N2O3SSi2/c1-9-11-17-12-10-13-19(20(17)22-4)27(24,25)23-15-18(14-21(2,3)16-23)29(7,8)26-28(5)6/h9-13,18H,4,14-16H2,1-3,5-8H3/b11-9-. The summed E-state index contributed by atoms with van der Waals surface area (Å²) in [6.45, 7) is 19.6. The van der Waals surface area contributed by atoms with Gasteiger partial charge in [0.1, 0.15) is 4.90 Å². The lowest BCUT2D eigenvalue weighted by atomic mass is 9.85. The molecule has 1 aliphatic heterocycles. The van der Waals surface area contributed by atoms with E-state index in [1.54, 1.807) is 16.4 Å². The fraction of sp³-hybridized carbons (Fsp3) is 0.571.